The maximum Gasteiger partial charge on any atom is 0.237 e. The number of aromatic nitrogens is 2. The van der Waals surface area contributed by atoms with E-state index in [9.17, 15) is 4.79 Å². The molecule has 112 valence electrons. The quantitative estimate of drug-likeness (QED) is 0.760. The molecule has 1 amide bonds. The van der Waals surface area contributed by atoms with Gasteiger partial charge in [-0.2, -0.15) is 5.10 Å². The summed E-state index contributed by atoms with van der Waals surface area (Å²) in [5, 5.41) is 9.72. The molecule has 0 aliphatic rings. The monoisotopic (exact) mass is 286 g/mol. The van der Waals surface area contributed by atoms with E-state index in [2.05, 4.69) is 29.4 Å². The number of hydrogen-bond acceptors (Lipinski definition) is 3. The first-order valence-corrected chi connectivity index (χ1v) is 7.18. The third-order valence-corrected chi connectivity index (χ3v) is 3.29. The van der Waals surface area contributed by atoms with Gasteiger partial charge in [-0.15, -0.1) is 0 Å². The Hall–Kier alpha value is -2.14. The number of nitrogens with one attached hydrogen (secondary N) is 2. The molecule has 0 bridgehead atoms. The highest BCUT2D eigenvalue weighted by atomic mass is 16.2. The number of hydrogen-bond donors (Lipinski definition) is 3. The van der Waals surface area contributed by atoms with Crippen LogP contribution in [-0.2, 0) is 11.3 Å². The lowest BCUT2D eigenvalue weighted by Crippen LogP contribution is -2.40. The fourth-order valence-electron chi connectivity index (χ4n) is 2.15. The van der Waals surface area contributed by atoms with Crippen molar-refractivity contribution in [3.63, 3.8) is 0 Å². The maximum absolute atomic E-state index is 11.9. The zero-order valence-corrected chi connectivity index (χ0v) is 12.5. The number of nitrogens with zero attached hydrogens (tertiary/aromatic N) is 1. The fourth-order valence-corrected chi connectivity index (χ4v) is 2.15. The highest BCUT2D eigenvalue weighted by molar-refractivity contribution is 5.81. The highest BCUT2D eigenvalue weighted by Gasteiger charge is 2.14. The average Bonchev–Trinajstić information content (AvgIpc) is 2.98. The van der Waals surface area contributed by atoms with Gasteiger partial charge in [0.05, 0.1) is 11.7 Å². The molecule has 1 atom stereocenters. The minimum absolute atomic E-state index is 0.0960. The summed E-state index contributed by atoms with van der Waals surface area (Å²) in [5.74, 6) is 0.320. The molecule has 0 spiro atoms. The van der Waals surface area contributed by atoms with Crippen molar-refractivity contribution in [2.75, 3.05) is 0 Å². The first-order valence-electron chi connectivity index (χ1n) is 7.18. The third-order valence-electron chi connectivity index (χ3n) is 3.29. The summed E-state index contributed by atoms with van der Waals surface area (Å²) in [6.07, 6.45) is 2.42. The van der Waals surface area contributed by atoms with Gasteiger partial charge in [0.25, 0.3) is 0 Å². The maximum atomic E-state index is 11.9. The van der Waals surface area contributed by atoms with Gasteiger partial charge in [0.1, 0.15) is 0 Å². The van der Waals surface area contributed by atoms with Crippen molar-refractivity contribution in [2.45, 2.75) is 32.9 Å². The SMILES string of the molecule is CC(C)C[C@@H](N)C(=O)NCc1ccc(-c2ccn[nH]2)cc1. The van der Waals surface area contributed by atoms with Crippen molar-refractivity contribution >= 4 is 5.91 Å². The van der Waals surface area contributed by atoms with Crippen LogP contribution in [0.4, 0.5) is 0 Å². The predicted octanol–water partition coefficient (Wildman–Crippen LogP) is 2.07. The second kappa shape index (κ2) is 7.04. The Balaban J connectivity index is 1.88. The number of aromatic amines is 1. The van der Waals surface area contributed by atoms with Gasteiger partial charge in [0.15, 0.2) is 0 Å². The minimum Gasteiger partial charge on any atom is -0.351 e. The van der Waals surface area contributed by atoms with Crippen molar-refractivity contribution in [3.05, 3.63) is 42.1 Å². The second-order valence-corrected chi connectivity index (χ2v) is 5.62. The lowest BCUT2D eigenvalue weighted by atomic mass is 10.0. The summed E-state index contributed by atoms with van der Waals surface area (Å²) < 4.78 is 0. The average molecular weight is 286 g/mol. The zero-order chi connectivity index (χ0) is 15.2. The first-order chi connectivity index (χ1) is 10.1. The summed E-state index contributed by atoms with van der Waals surface area (Å²) in [5.41, 5.74) is 8.94. The van der Waals surface area contributed by atoms with Gasteiger partial charge in [-0.3, -0.25) is 9.89 Å². The molecule has 1 aromatic carbocycles. The molecule has 5 heteroatoms. The molecule has 2 rings (SSSR count). The molecular weight excluding hydrogens is 264 g/mol. The van der Waals surface area contributed by atoms with Crippen LogP contribution in [0.2, 0.25) is 0 Å². The predicted molar refractivity (Wildman–Crippen MR) is 83.3 cm³/mol. The van der Waals surface area contributed by atoms with E-state index in [1.807, 2.05) is 30.3 Å². The Morgan fingerprint density at radius 1 is 1.29 bits per heavy atom. The molecule has 2 aromatic rings. The van der Waals surface area contributed by atoms with Gasteiger partial charge >= 0.3 is 0 Å². The molecule has 0 radical (unpaired) electrons. The normalized spacial score (nSPS) is 12.4. The van der Waals surface area contributed by atoms with Crippen LogP contribution in [0, 0.1) is 5.92 Å². The number of carbonyl (C=O) groups is 1. The second-order valence-electron chi connectivity index (χ2n) is 5.62. The van der Waals surface area contributed by atoms with Crippen LogP contribution in [0.3, 0.4) is 0 Å². The topological polar surface area (TPSA) is 83.8 Å². The Bertz CT molecular complexity index is 560. The van der Waals surface area contributed by atoms with E-state index >= 15 is 0 Å². The van der Waals surface area contributed by atoms with E-state index in [1.54, 1.807) is 6.20 Å². The van der Waals surface area contributed by atoms with Crippen molar-refractivity contribution in [1.82, 2.24) is 15.5 Å². The van der Waals surface area contributed by atoms with Crippen molar-refractivity contribution in [3.8, 4) is 11.3 Å². The molecule has 0 aliphatic heterocycles. The van der Waals surface area contributed by atoms with Crippen molar-refractivity contribution in [1.29, 1.82) is 0 Å². The van der Waals surface area contributed by atoms with E-state index in [0.717, 1.165) is 16.8 Å². The van der Waals surface area contributed by atoms with Crippen LogP contribution in [0.1, 0.15) is 25.8 Å². The Morgan fingerprint density at radius 3 is 2.57 bits per heavy atom. The minimum atomic E-state index is -0.436. The molecule has 0 fully saturated rings. The summed E-state index contributed by atoms with van der Waals surface area (Å²) in [7, 11) is 0. The number of rotatable bonds is 6. The van der Waals surface area contributed by atoms with Crippen LogP contribution >= 0.6 is 0 Å². The van der Waals surface area contributed by atoms with E-state index in [4.69, 9.17) is 5.73 Å². The zero-order valence-electron chi connectivity index (χ0n) is 12.5. The van der Waals surface area contributed by atoms with Crippen molar-refractivity contribution in [2.24, 2.45) is 11.7 Å². The largest absolute Gasteiger partial charge is 0.351 e. The molecule has 0 saturated carbocycles. The smallest absolute Gasteiger partial charge is 0.237 e. The number of carbonyl (C=O) groups excluding carboxylic acids is 1. The summed E-state index contributed by atoms with van der Waals surface area (Å²) in [6.45, 7) is 4.61. The Kier molecular flexibility index (Phi) is 5.11. The number of H-pyrrole nitrogens is 1. The summed E-state index contributed by atoms with van der Waals surface area (Å²) in [6, 6.07) is 9.47. The van der Waals surface area contributed by atoms with Crippen LogP contribution < -0.4 is 11.1 Å². The fraction of sp³-hybridized carbons (Fsp3) is 0.375. The molecule has 1 heterocycles. The Morgan fingerprint density at radius 2 is 2.00 bits per heavy atom. The van der Waals surface area contributed by atoms with Gasteiger partial charge in [-0.1, -0.05) is 38.1 Å². The molecule has 21 heavy (non-hydrogen) atoms. The third kappa shape index (κ3) is 4.43. The molecule has 5 nitrogen and oxygen atoms in total. The molecule has 4 N–H and O–H groups in total. The van der Waals surface area contributed by atoms with Gasteiger partial charge in [-0.25, -0.2) is 0 Å². The highest BCUT2D eigenvalue weighted by Crippen LogP contribution is 2.16. The van der Waals surface area contributed by atoms with Gasteiger partial charge in [0.2, 0.25) is 5.91 Å². The molecule has 0 saturated heterocycles. The lowest BCUT2D eigenvalue weighted by molar-refractivity contribution is -0.122. The first kappa shape index (κ1) is 15.3. The summed E-state index contributed by atoms with van der Waals surface area (Å²) in [4.78, 5) is 11.9. The number of benzene rings is 1. The van der Waals surface area contributed by atoms with E-state index in [0.29, 0.717) is 18.9 Å². The number of nitrogens with two attached hydrogens (primary N) is 1. The van der Waals surface area contributed by atoms with Crippen LogP contribution in [0.25, 0.3) is 11.3 Å². The lowest BCUT2D eigenvalue weighted by Gasteiger charge is -2.14. The van der Waals surface area contributed by atoms with E-state index in [-0.39, 0.29) is 5.91 Å². The number of amides is 1. The van der Waals surface area contributed by atoms with E-state index < -0.39 is 6.04 Å². The van der Waals surface area contributed by atoms with Gasteiger partial charge in [-0.05, 0) is 29.5 Å². The molecule has 1 aromatic heterocycles. The summed E-state index contributed by atoms with van der Waals surface area (Å²) >= 11 is 0. The van der Waals surface area contributed by atoms with Crippen LogP contribution in [-0.4, -0.2) is 22.1 Å². The molecule has 0 unspecified atom stereocenters. The van der Waals surface area contributed by atoms with Gasteiger partial charge < -0.3 is 11.1 Å². The Labute approximate surface area is 124 Å². The molecule has 0 aliphatic carbocycles. The standard InChI is InChI=1S/C16H22N4O/c1-11(2)9-14(17)16(21)18-10-12-3-5-13(6-4-12)15-7-8-19-20-15/h3-8,11,14H,9-10,17H2,1-2H3,(H,18,21)(H,19,20)/t14-/m1/s1. The van der Waals surface area contributed by atoms with Crippen molar-refractivity contribution < 1.29 is 4.79 Å². The molecular formula is C16H22N4O. The van der Waals surface area contributed by atoms with Crippen LogP contribution in [0.15, 0.2) is 36.5 Å². The van der Waals surface area contributed by atoms with Gasteiger partial charge in [0, 0.05) is 12.7 Å². The van der Waals surface area contributed by atoms with E-state index in [1.165, 1.54) is 0 Å². The van der Waals surface area contributed by atoms with Crippen LogP contribution in [0.5, 0.6) is 0 Å².